The Morgan fingerprint density at radius 2 is 1.21 bits per heavy atom. The Bertz CT molecular complexity index is 2820. The van der Waals surface area contributed by atoms with Gasteiger partial charge < -0.3 is 9.80 Å². The second-order valence-corrected chi connectivity index (χ2v) is 18.5. The fourth-order valence-electron chi connectivity index (χ4n) is 8.56. The zero-order valence-electron chi connectivity index (χ0n) is 30.5. The summed E-state index contributed by atoms with van der Waals surface area (Å²) in [5.41, 5.74) is 9.86. The third kappa shape index (κ3) is 4.73. The Hall–Kier alpha value is -4.98. The average Bonchev–Trinajstić information content (AvgIpc) is 3.76. The molecule has 8 aromatic rings. The molecule has 0 saturated carbocycles. The number of thiophene rings is 2. The Morgan fingerprint density at radius 3 is 1.91 bits per heavy atom. The van der Waals surface area contributed by atoms with Gasteiger partial charge in [0.15, 0.2) is 0 Å². The number of hydrogen-bond donors (Lipinski definition) is 0. The van der Waals surface area contributed by atoms with Crippen LogP contribution < -0.4 is 26.2 Å². The molecule has 0 saturated heterocycles. The number of halogens is 2. The molecule has 0 spiro atoms. The minimum atomic E-state index is -0.285. The molecular weight excluding hydrogens is 693 g/mol. The minimum Gasteiger partial charge on any atom is -0.309 e. The smallest absolute Gasteiger partial charge is 0.253 e. The van der Waals surface area contributed by atoms with E-state index in [0.29, 0.717) is 11.4 Å². The van der Waals surface area contributed by atoms with Crippen molar-refractivity contribution in [3.63, 3.8) is 0 Å². The van der Waals surface area contributed by atoms with Crippen LogP contribution in [0, 0.1) is 11.6 Å². The Balaban J connectivity index is 1.38. The maximum absolute atomic E-state index is 16.6. The van der Waals surface area contributed by atoms with Gasteiger partial charge in [-0.2, -0.15) is 0 Å². The highest BCUT2D eigenvalue weighted by Gasteiger charge is 2.46. The van der Waals surface area contributed by atoms with E-state index in [9.17, 15) is 0 Å². The van der Waals surface area contributed by atoms with Crippen LogP contribution in [0.3, 0.4) is 0 Å². The number of anilines is 6. The lowest BCUT2D eigenvalue weighted by atomic mass is 9.33. The molecule has 2 aromatic heterocycles. The molecule has 0 bridgehead atoms. The zero-order chi connectivity index (χ0) is 36.6. The van der Waals surface area contributed by atoms with E-state index in [2.05, 4.69) is 123 Å². The molecule has 7 heteroatoms. The van der Waals surface area contributed by atoms with E-state index in [4.69, 9.17) is 0 Å². The third-order valence-corrected chi connectivity index (χ3v) is 13.3. The molecule has 0 amide bonds. The van der Waals surface area contributed by atoms with Crippen molar-refractivity contribution in [1.82, 2.24) is 0 Å². The first-order valence-corrected chi connectivity index (χ1v) is 19.9. The SMILES string of the molecule is CC(C)(C)c1ccc(F)c(N2c3cccc4c3B(c3ccc5ccsc5c3N4c3cc(C(C)(C)C)ccc3F)c3c2ccc2sc4ccccc4c32)c1. The predicted molar refractivity (Wildman–Crippen MR) is 226 cm³/mol. The molecule has 0 radical (unpaired) electrons. The molecule has 53 heavy (non-hydrogen) atoms. The Morgan fingerprint density at radius 1 is 0.566 bits per heavy atom. The molecule has 0 aliphatic carbocycles. The zero-order valence-corrected chi connectivity index (χ0v) is 32.1. The van der Waals surface area contributed by atoms with Crippen molar-refractivity contribution in [3.8, 4) is 0 Å². The van der Waals surface area contributed by atoms with Gasteiger partial charge >= 0.3 is 0 Å². The summed E-state index contributed by atoms with van der Waals surface area (Å²) in [5, 5.41) is 5.64. The first-order valence-electron chi connectivity index (χ1n) is 18.2. The highest BCUT2D eigenvalue weighted by molar-refractivity contribution is 7.26. The van der Waals surface area contributed by atoms with Gasteiger partial charge in [-0.05, 0) is 121 Å². The molecule has 260 valence electrons. The summed E-state index contributed by atoms with van der Waals surface area (Å²) in [6.07, 6.45) is 0. The topological polar surface area (TPSA) is 6.48 Å². The van der Waals surface area contributed by atoms with Crippen molar-refractivity contribution in [2.45, 2.75) is 52.4 Å². The fourth-order valence-corrected chi connectivity index (χ4v) is 10.6. The fraction of sp³-hybridized carbons (Fsp3) is 0.174. The molecule has 0 unspecified atom stereocenters. The van der Waals surface area contributed by atoms with Crippen molar-refractivity contribution in [2.24, 2.45) is 0 Å². The average molecular weight is 731 g/mol. The van der Waals surface area contributed by atoms with Crippen LogP contribution in [-0.2, 0) is 10.8 Å². The van der Waals surface area contributed by atoms with Crippen molar-refractivity contribution in [1.29, 1.82) is 0 Å². The number of nitrogens with zero attached hydrogens (tertiary/aromatic N) is 2. The molecular formula is C46H37BF2N2S2. The van der Waals surface area contributed by atoms with Crippen LogP contribution in [0.1, 0.15) is 52.7 Å². The highest BCUT2D eigenvalue weighted by atomic mass is 32.1. The largest absolute Gasteiger partial charge is 0.309 e. The van der Waals surface area contributed by atoms with E-state index in [0.717, 1.165) is 60.4 Å². The van der Waals surface area contributed by atoms with Crippen molar-refractivity contribution >= 4 is 110 Å². The lowest BCUT2D eigenvalue weighted by molar-refractivity contribution is 0.583. The summed E-state index contributed by atoms with van der Waals surface area (Å²) < 4.78 is 36.7. The van der Waals surface area contributed by atoms with Crippen LogP contribution in [0.25, 0.3) is 30.3 Å². The van der Waals surface area contributed by atoms with Gasteiger partial charge in [0.25, 0.3) is 6.71 Å². The van der Waals surface area contributed by atoms with E-state index in [1.165, 1.54) is 20.2 Å². The van der Waals surface area contributed by atoms with Crippen LogP contribution in [0.5, 0.6) is 0 Å². The van der Waals surface area contributed by atoms with Gasteiger partial charge in [-0.15, -0.1) is 22.7 Å². The molecule has 0 atom stereocenters. The second kappa shape index (κ2) is 11.3. The van der Waals surface area contributed by atoms with Crippen molar-refractivity contribution in [2.75, 3.05) is 9.80 Å². The number of rotatable bonds is 2. The van der Waals surface area contributed by atoms with Gasteiger partial charge in [0.1, 0.15) is 11.6 Å². The van der Waals surface area contributed by atoms with E-state index in [-0.39, 0.29) is 29.2 Å². The van der Waals surface area contributed by atoms with Gasteiger partial charge in [-0.3, -0.25) is 0 Å². The summed E-state index contributed by atoms with van der Waals surface area (Å²) in [7, 11) is 0. The molecule has 2 aliphatic heterocycles. The summed E-state index contributed by atoms with van der Waals surface area (Å²) in [5.74, 6) is -0.565. The van der Waals surface area contributed by atoms with Crippen LogP contribution in [-0.4, -0.2) is 6.71 Å². The Kier molecular flexibility index (Phi) is 6.94. The van der Waals surface area contributed by atoms with Crippen molar-refractivity contribution in [3.05, 3.63) is 137 Å². The molecule has 6 aromatic carbocycles. The lowest BCUT2D eigenvalue weighted by Gasteiger charge is -2.44. The van der Waals surface area contributed by atoms with Gasteiger partial charge in [0.2, 0.25) is 0 Å². The van der Waals surface area contributed by atoms with Gasteiger partial charge in [-0.25, -0.2) is 8.78 Å². The Labute approximate surface area is 317 Å². The monoisotopic (exact) mass is 730 g/mol. The molecule has 4 heterocycles. The summed E-state index contributed by atoms with van der Waals surface area (Å²) in [6, 6.07) is 37.0. The molecule has 10 rings (SSSR count). The normalized spacial score (nSPS) is 13.9. The summed E-state index contributed by atoms with van der Waals surface area (Å²) in [6.45, 7) is 12.8. The molecule has 0 N–H and O–H groups in total. The van der Waals surface area contributed by atoms with Crippen molar-refractivity contribution < 1.29 is 8.78 Å². The maximum Gasteiger partial charge on any atom is 0.253 e. The first kappa shape index (κ1) is 32.7. The van der Waals surface area contributed by atoms with Crippen LogP contribution >= 0.6 is 22.7 Å². The molecule has 0 fully saturated rings. The standard InChI is InChI=1S/C46H37BF2N2S2/c1-45(2,3)27-15-18-31(48)36(24-27)50-33-11-9-12-34-41(33)47(42-35(50)20-21-39-40(42)29-10-7-8-13-38(29)53-39)30-17-14-26-22-23-52-44(26)43(30)51(34)37-25-28(46(4,5)6)16-19-32(37)49/h7-25H,1-6H3. The van der Waals surface area contributed by atoms with E-state index in [1.54, 1.807) is 34.8 Å². The van der Waals surface area contributed by atoms with Gasteiger partial charge in [0.05, 0.1) is 21.8 Å². The second-order valence-electron chi connectivity index (χ2n) is 16.5. The van der Waals surface area contributed by atoms with Gasteiger partial charge in [-0.1, -0.05) is 90.1 Å². The third-order valence-electron chi connectivity index (χ3n) is 11.2. The van der Waals surface area contributed by atoms with Crippen LogP contribution in [0.2, 0.25) is 0 Å². The number of benzene rings is 6. The summed E-state index contributed by atoms with van der Waals surface area (Å²) >= 11 is 3.49. The van der Waals surface area contributed by atoms with Crippen LogP contribution in [0.15, 0.2) is 115 Å². The molecule has 2 nitrogen and oxygen atoms in total. The van der Waals surface area contributed by atoms with E-state index in [1.807, 2.05) is 30.3 Å². The molecule has 2 aliphatic rings. The number of fused-ring (bicyclic) bond motifs is 10. The number of hydrogen-bond acceptors (Lipinski definition) is 4. The lowest BCUT2D eigenvalue weighted by Crippen LogP contribution is -2.61. The van der Waals surface area contributed by atoms with E-state index < -0.39 is 0 Å². The first-order chi connectivity index (χ1) is 25.4. The predicted octanol–water partition coefficient (Wildman–Crippen LogP) is 12.2. The quantitative estimate of drug-likeness (QED) is 0.163. The summed E-state index contributed by atoms with van der Waals surface area (Å²) in [4.78, 5) is 4.29. The van der Waals surface area contributed by atoms with Crippen LogP contribution in [0.4, 0.5) is 42.9 Å². The minimum absolute atomic E-state index is 0.186. The highest BCUT2D eigenvalue weighted by Crippen LogP contribution is 2.50. The van der Waals surface area contributed by atoms with Gasteiger partial charge in [0, 0.05) is 26.5 Å². The maximum atomic E-state index is 16.6. The van der Waals surface area contributed by atoms with E-state index >= 15 is 8.78 Å².